The quantitative estimate of drug-likeness (QED) is 0.874. The van der Waals surface area contributed by atoms with E-state index < -0.39 is 5.54 Å². The predicted molar refractivity (Wildman–Crippen MR) is 81.8 cm³/mol. The number of rotatable bonds is 2. The molecule has 19 heavy (non-hydrogen) atoms. The zero-order valence-electron chi connectivity index (χ0n) is 11.7. The minimum absolute atomic E-state index is 0. The summed E-state index contributed by atoms with van der Waals surface area (Å²) in [5, 5.41) is 2.98. The minimum Gasteiger partial charge on any atom is -0.324 e. The van der Waals surface area contributed by atoms with E-state index in [9.17, 15) is 4.79 Å². The molecule has 1 saturated carbocycles. The van der Waals surface area contributed by atoms with E-state index in [0.717, 1.165) is 36.9 Å². The second-order valence-corrected chi connectivity index (χ2v) is 5.49. The molecule has 3 nitrogen and oxygen atoms in total. The third-order valence-electron chi connectivity index (χ3n) is 3.83. The van der Waals surface area contributed by atoms with Crippen LogP contribution < -0.4 is 11.1 Å². The van der Waals surface area contributed by atoms with Gasteiger partial charge in [-0.2, -0.15) is 0 Å². The van der Waals surface area contributed by atoms with Crippen LogP contribution in [0.5, 0.6) is 0 Å². The lowest BCUT2D eigenvalue weighted by Gasteiger charge is -2.32. The highest BCUT2D eigenvalue weighted by Gasteiger charge is 2.35. The van der Waals surface area contributed by atoms with E-state index in [4.69, 9.17) is 5.73 Å². The maximum Gasteiger partial charge on any atom is 0.244 e. The number of hydrogen-bond donors (Lipinski definition) is 2. The van der Waals surface area contributed by atoms with Gasteiger partial charge in [-0.05, 0) is 38.3 Å². The van der Waals surface area contributed by atoms with E-state index in [1.54, 1.807) is 0 Å². The molecule has 0 atom stereocenters. The van der Waals surface area contributed by atoms with Crippen molar-refractivity contribution in [3.8, 4) is 0 Å². The molecule has 1 aliphatic carbocycles. The van der Waals surface area contributed by atoms with Crippen LogP contribution in [0.25, 0.3) is 0 Å². The highest BCUT2D eigenvalue weighted by Crippen LogP contribution is 2.27. The number of nitrogens with one attached hydrogen (secondary N) is 1. The van der Waals surface area contributed by atoms with Crippen molar-refractivity contribution in [2.24, 2.45) is 5.73 Å². The van der Waals surface area contributed by atoms with Crippen LogP contribution in [-0.4, -0.2) is 11.4 Å². The van der Waals surface area contributed by atoms with Crippen molar-refractivity contribution in [1.82, 2.24) is 0 Å². The molecule has 0 spiro atoms. The number of carbonyl (C=O) groups is 1. The SMILES string of the molecule is Cc1ccc(NC(=O)C2(N)CCCCC2)c(C)c1.Cl. The summed E-state index contributed by atoms with van der Waals surface area (Å²) in [4.78, 5) is 12.3. The molecule has 2 rings (SSSR count). The van der Waals surface area contributed by atoms with E-state index in [1.807, 2.05) is 26.0 Å². The van der Waals surface area contributed by atoms with Crippen LogP contribution in [0.15, 0.2) is 18.2 Å². The van der Waals surface area contributed by atoms with Gasteiger partial charge in [0.1, 0.15) is 0 Å². The monoisotopic (exact) mass is 282 g/mol. The lowest BCUT2D eigenvalue weighted by molar-refractivity contribution is -0.122. The number of amides is 1. The van der Waals surface area contributed by atoms with Gasteiger partial charge in [-0.15, -0.1) is 12.4 Å². The fourth-order valence-electron chi connectivity index (χ4n) is 2.61. The molecule has 0 saturated heterocycles. The molecular formula is C15H23ClN2O. The second kappa shape index (κ2) is 6.40. The number of nitrogens with two attached hydrogens (primary N) is 1. The molecule has 0 aliphatic heterocycles. The summed E-state index contributed by atoms with van der Waals surface area (Å²) in [6.45, 7) is 4.05. The van der Waals surface area contributed by atoms with Crippen molar-refractivity contribution in [1.29, 1.82) is 0 Å². The first-order valence-corrected chi connectivity index (χ1v) is 6.69. The summed E-state index contributed by atoms with van der Waals surface area (Å²) in [7, 11) is 0. The molecule has 1 aromatic carbocycles. The Balaban J connectivity index is 0.00000180. The highest BCUT2D eigenvalue weighted by molar-refractivity contribution is 5.98. The van der Waals surface area contributed by atoms with Crippen LogP contribution in [0.2, 0.25) is 0 Å². The zero-order chi connectivity index (χ0) is 13.2. The van der Waals surface area contributed by atoms with Crippen LogP contribution in [-0.2, 0) is 4.79 Å². The van der Waals surface area contributed by atoms with E-state index in [2.05, 4.69) is 11.4 Å². The normalized spacial score (nSPS) is 17.4. The molecule has 1 aromatic rings. The van der Waals surface area contributed by atoms with Crippen LogP contribution in [0, 0.1) is 13.8 Å². The summed E-state index contributed by atoms with van der Waals surface area (Å²) in [6.07, 6.45) is 4.89. The fraction of sp³-hybridized carbons (Fsp3) is 0.533. The number of hydrogen-bond acceptors (Lipinski definition) is 2. The fourth-order valence-corrected chi connectivity index (χ4v) is 2.61. The van der Waals surface area contributed by atoms with Gasteiger partial charge in [0.25, 0.3) is 0 Å². The van der Waals surface area contributed by atoms with Crippen molar-refractivity contribution < 1.29 is 4.79 Å². The van der Waals surface area contributed by atoms with Gasteiger partial charge in [0, 0.05) is 5.69 Å². The highest BCUT2D eigenvalue weighted by atomic mass is 35.5. The first kappa shape index (κ1) is 16.0. The summed E-state index contributed by atoms with van der Waals surface area (Å²) in [6, 6.07) is 6.03. The molecule has 3 N–H and O–H groups in total. The van der Waals surface area contributed by atoms with Crippen molar-refractivity contribution in [3.05, 3.63) is 29.3 Å². The van der Waals surface area contributed by atoms with Gasteiger partial charge in [-0.25, -0.2) is 0 Å². The van der Waals surface area contributed by atoms with Gasteiger partial charge >= 0.3 is 0 Å². The number of carbonyl (C=O) groups excluding carboxylic acids is 1. The Morgan fingerprint density at radius 2 is 1.84 bits per heavy atom. The average Bonchev–Trinajstić information content (AvgIpc) is 2.33. The van der Waals surface area contributed by atoms with E-state index in [1.165, 1.54) is 12.0 Å². The maximum absolute atomic E-state index is 12.3. The maximum atomic E-state index is 12.3. The standard InChI is InChI=1S/C15H22N2O.ClH/c1-11-6-7-13(12(2)10-11)17-14(18)15(16)8-4-3-5-9-15;/h6-7,10H,3-5,8-9,16H2,1-2H3,(H,17,18);1H. The van der Waals surface area contributed by atoms with Gasteiger partial charge in [0.2, 0.25) is 5.91 Å². The Kier molecular flexibility index (Phi) is 5.39. The van der Waals surface area contributed by atoms with E-state index in [-0.39, 0.29) is 18.3 Å². The summed E-state index contributed by atoms with van der Waals surface area (Å²) < 4.78 is 0. The number of benzene rings is 1. The van der Waals surface area contributed by atoms with Crippen molar-refractivity contribution in [2.75, 3.05) is 5.32 Å². The molecule has 0 heterocycles. The zero-order valence-corrected chi connectivity index (χ0v) is 12.5. The summed E-state index contributed by atoms with van der Waals surface area (Å²) >= 11 is 0. The molecule has 1 amide bonds. The Morgan fingerprint density at radius 1 is 1.21 bits per heavy atom. The first-order chi connectivity index (χ1) is 8.51. The molecule has 106 valence electrons. The summed E-state index contributed by atoms with van der Waals surface area (Å²) in [5.74, 6) is -0.0332. The molecule has 1 aliphatic rings. The first-order valence-electron chi connectivity index (χ1n) is 6.69. The third-order valence-corrected chi connectivity index (χ3v) is 3.83. The van der Waals surface area contributed by atoms with Gasteiger partial charge in [-0.3, -0.25) is 4.79 Å². The lowest BCUT2D eigenvalue weighted by atomic mass is 9.82. The van der Waals surface area contributed by atoms with Gasteiger partial charge in [0.15, 0.2) is 0 Å². The Hall–Kier alpha value is -1.06. The molecule has 0 bridgehead atoms. The predicted octanol–water partition coefficient (Wildman–Crippen LogP) is 3.33. The minimum atomic E-state index is -0.671. The van der Waals surface area contributed by atoms with E-state index >= 15 is 0 Å². The van der Waals surface area contributed by atoms with Gasteiger partial charge < -0.3 is 11.1 Å². The number of aryl methyl sites for hydroxylation is 2. The molecule has 1 fully saturated rings. The Morgan fingerprint density at radius 3 is 2.42 bits per heavy atom. The molecule has 0 unspecified atom stereocenters. The molecule has 0 aromatic heterocycles. The third kappa shape index (κ3) is 3.71. The average molecular weight is 283 g/mol. The largest absolute Gasteiger partial charge is 0.324 e. The summed E-state index contributed by atoms with van der Waals surface area (Å²) in [5.41, 5.74) is 8.71. The number of halogens is 1. The molecule has 0 radical (unpaired) electrons. The molecular weight excluding hydrogens is 260 g/mol. The van der Waals surface area contributed by atoms with Gasteiger partial charge in [0.05, 0.1) is 5.54 Å². The Labute approximate surface area is 121 Å². The van der Waals surface area contributed by atoms with E-state index in [0.29, 0.717) is 0 Å². The van der Waals surface area contributed by atoms with Crippen LogP contribution >= 0.6 is 12.4 Å². The lowest BCUT2D eigenvalue weighted by Crippen LogP contribution is -2.52. The number of anilines is 1. The Bertz CT molecular complexity index is 453. The van der Waals surface area contributed by atoms with Gasteiger partial charge in [-0.1, -0.05) is 37.0 Å². The van der Waals surface area contributed by atoms with Crippen molar-refractivity contribution in [3.63, 3.8) is 0 Å². The second-order valence-electron chi connectivity index (χ2n) is 5.49. The van der Waals surface area contributed by atoms with Crippen molar-refractivity contribution in [2.45, 2.75) is 51.5 Å². The smallest absolute Gasteiger partial charge is 0.244 e. The van der Waals surface area contributed by atoms with Crippen LogP contribution in [0.4, 0.5) is 5.69 Å². The van der Waals surface area contributed by atoms with Crippen LogP contribution in [0.3, 0.4) is 0 Å². The van der Waals surface area contributed by atoms with Crippen molar-refractivity contribution >= 4 is 24.0 Å². The topological polar surface area (TPSA) is 55.1 Å². The van der Waals surface area contributed by atoms with Crippen LogP contribution in [0.1, 0.15) is 43.2 Å². The molecule has 4 heteroatoms.